The van der Waals surface area contributed by atoms with Crippen LogP contribution in [0.3, 0.4) is 0 Å². The minimum absolute atomic E-state index is 0.0736. The molecule has 174 valence electrons. The number of benzene rings is 2. The van der Waals surface area contributed by atoms with Crippen LogP contribution in [0.2, 0.25) is 5.02 Å². The number of amides is 2. The molecule has 1 atom stereocenters. The lowest BCUT2D eigenvalue weighted by molar-refractivity contribution is -0.140. The van der Waals surface area contributed by atoms with E-state index in [0.29, 0.717) is 33.7 Å². The number of nitrogens with one attached hydrogen (secondary N) is 1. The van der Waals surface area contributed by atoms with Crippen LogP contribution in [0.1, 0.15) is 25.8 Å². The fraction of sp³-hybridized carbons (Fsp3) is 0.364. The van der Waals surface area contributed by atoms with Gasteiger partial charge in [0.15, 0.2) is 0 Å². The highest BCUT2D eigenvalue weighted by atomic mass is 79.9. The first kappa shape index (κ1) is 26.2. The summed E-state index contributed by atoms with van der Waals surface area (Å²) in [5.41, 5.74) is 1.01. The minimum Gasteiger partial charge on any atom is -0.355 e. The normalized spacial score (nSPS) is 12.2. The van der Waals surface area contributed by atoms with Crippen LogP contribution < -0.4 is 9.62 Å². The highest BCUT2D eigenvalue weighted by Gasteiger charge is 2.31. The molecule has 0 saturated carbocycles. The topological polar surface area (TPSA) is 86.8 Å². The lowest BCUT2D eigenvalue weighted by Gasteiger charge is -2.33. The van der Waals surface area contributed by atoms with E-state index in [1.54, 1.807) is 62.4 Å². The number of hydrogen-bond donors (Lipinski definition) is 1. The van der Waals surface area contributed by atoms with E-state index >= 15 is 0 Å². The molecule has 0 aliphatic rings. The van der Waals surface area contributed by atoms with Crippen molar-refractivity contribution in [2.45, 2.75) is 32.9 Å². The highest BCUT2D eigenvalue weighted by molar-refractivity contribution is 9.10. The predicted octanol–water partition coefficient (Wildman–Crippen LogP) is 3.81. The van der Waals surface area contributed by atoms with Gasteiger partial charge in [-0.25, -0.2) is 8.42 Å². The third kappa shape index (κ3) is 6.95. The van der Waals surface area contributed by atoms with E-state index < -0.39 is 28.5 Å². The summed E-state index contributed by atoms with van der Waals surface area (Å²) in [6.45, 7) is 3.63. The third-order valence-electron chi connectivity index (χ3n) is 4.81. The van der Waals surface area contributed by atoms with Gasteiger partial charge in [-0.05, 0) is 43.2 Å². The Labute approximate surface area is 202 Å². The second kappa shape index (κ2) is 11.7. The number of halogens is 2. The van der Waals surface area contributed by atoms with Crippen molar-refractivity contribution in [2.75, 3.05) is 23.7 Å². The molecular weight excluding hydrogens is 518 g/mol. The summed E-state index contributed by atoms with van der Waals surface area (Å²) >= 11 is 9.63. The van der Waals surface area contributed by atoms with Crippen molar-refractivity contribution in [3.8, 4) is 0 Å². The van der Waals surface area contributed by atoms with Crippen LogP contribution in [-0.2, 0) is 26.2 Å². The van der Waals surface area contributed by atoms with Crippen molar-refractivity contribution < 1.29 is 18.0 Å². The maximum atomic E-state index is 13.5. The Balaban J connectivity index is 2.45. The van der Waals surface area contributed by atoms with Crippen molar-refractivity contribution in [3.05, 3.63) is 63.6 Å². The summed E-state index contributed by atoms with van der Waals surface area (Å²) in [5.74, 6) is -0.808. The van der Waals surface area contributed by atoms with Crippen molar-refractivity contribution in [3.63, 3.8) is 0 Å². The number of carbonyl (C=O) groups is 2. The van der Waals surface area contributed by atoms with Crippen LogP contribution in [0.4, 0.5) is 5.69 Å². The Hall–Kier alpha value is -2.10. The van der Waals surface area contributed by atoms with E-state index in [2.05, 4.69) is 21.2 Å². The van der Waals surface area contributed by atoms with Gasteiger partial charge >= 0.3 is 0 Å². The fourth-order valence-corrected chi connectivity index (χ4v) is 4.69. The maximum Gasteiger partial charge on any atom is 0.244 e. The fourth-order valence-electron chi connectivity index (χ4n) is 3.27. The molecular formula is C22H27BrClN3O4S. The zero-order valence-corrected chi connectivity index (χ0v) is 21.4. The van der Waals surface area contributed by atoms with Crippen LogP contribution in [-0.4, -0.2) is 50.5 Å². The summed E-state index contributed by atoms with van der Waals surface area (Å²) in [5, 5.41) is 3.21. The number of carbonyl (C=O) groups excluding carboxylic acids is 2. The molecule has 7 nitrogen and oxygen atoms in total. The molecule has 10 heteroatoms. The summed E-state index contributed by atoms with van der Waals surface area (Å²) in [6, 6.07) is 12.9. The van der Waals surface area contributed by atoms with E-state index in [1.165, 1.54) is 4.90 Å². The molecule has 0 aliphatic heterocycles. The Bertz CT molecular complexity index is 1060. The van der Waals surface area contributed by atoms with E-state index in [-0.39, 0.29) is 12.5 Å². The van der Waals surface area contributed by atoms with Gasteiger partial charge in [0.25, 0.3) is 0 Å². The van der Waals surface area contributed by atoms with Crippen molar-refractivity contribution in [2.24, 2.45) is 0 Å². The number of anilines is 1. The third-order valence-corrected chi connectivity index (χ3v) is 6.81. The molecule has 32 heavy (non-hydrogen) atoms. The van der Waals surface area contributed by atoms with E-state index in [1.807, 2.05) is 0 Å². The lowest BCUT2D eigenvalue weighted by atomic mass is 10.1. The number of hydrogen-bond acceptors (Lipinski definition) is 4. The molecule has 0 radical (unpaired) electrons. The molecule has 0 spiro atoms. The molecule has 2 aromatic carbocycles. The molecule has 2 rings (SSSR count). The molecule has 2 aromatic rings. The summed E-state index contributed by atoms with van der Waals surface area (Å²) in [7, 11) is -3.77. The minimum atomic E-state index is -3.77. The van der Waals surface area contributed by atoms with Gasteiger partial charge < -0.3 is 10.2 Å². The summed E-state index contributed by atoms with van der Waals surface area (Å²) in [6.07, 6.45) is 1.40. The van der Waals surface area contributed by atoms with E-state index in [4.69, 9.17) is 11.6 Å². The van der Waals surface area contributed by atoms with Gasteiger partial charge in [0.05, 0.1) is 11.9 Å². The van der Waals surface area contributed by atoms with Gasteiger partial charge in [-0.2, -0.15) is 0 Å². The first-order chi connectivity index (χ1) is 15.1. The zero-order chi connectivity index (χ0) is 23.9. The molecule has 1 N–H and O–H groups in total. The van der Waals surface area contributed by atoms with Gasteiger partial charge in [-0.1, -0.05) is 58.7 Å². The van der Waals surface area contributed by atoms with Crippen LogP contribution in [0.15, 0.2) is 53.0 Å². The Morgan fingerprint density at radius 3 is 2.38 bits per heavy atom. The molecule has 1 unspecified atom stereocenters. The molecule has 0 heterocycles. The van der Waals surface area contributed by atoms with Gasteiger partial charge in [0, 0.05) is 22.6 Å². The van der Waals surface area contributed by atoms with Gasteiger partial charge in [-0.15, -0.1) is 0 Å². The predicted molar refractivity (Wildman–Crippen MR) is 131 cm³/mol. The SMILES string of the molecule is CCNC(=O)C(CC)N(Cc1ccccc1Cl)C(=O)CN(c1cccc(Br)c1)S(C)(=O)=O. The zero-order valence-electron chi connectivity index (χ0n) is 18.2. The molecule has 2 amide bonds. The highest BCUT2D eigenvalue weighted by Crippen LogP contribution is 2.24. The van der Waals surface area contributed by atoms with Gasteiger partial charge in [-0.3, -0.25) is 13.9 Å². The standard InChI is InChI=1S/C22H27BrClN3O4S/c1-4-20(22(29)25-5-2)26(14-16-9-6-7-12-19(16)24)21(28)15-27(32(3,30)31)18-11-8-10-17(23)13-18/h6-13,20H,4-5,14-15H2,1-3H3,(H,25,29). The lowest BCUT2D eigenvalue weighted by Crippen LogP contribution is -2.52. The first-order valence-corrected chi connectivity index (χ1v) is 13.1. The van der Waals surface area contributed by atoms with Gasteiger partial charge in [0.2, 0.25) is 21.8 Å². The smallest absolute Gasteiger partial charge is 0.244 e. The summed E-state index contributed by atoms with van der Waals surface area (Å²) in [4.78, 5) is 27.6. The molecule has 0 aliphatic carbocycles. The van der Waals surface area contributed by atoms with Crippen molar-refractivity contribution in [1.29, 1.82) is 0 Å². The van der Waals surface area contributed by atoms with Crippen LogP contribution >= 0.6 is 27.5 Å². The monoisotopic (exact) mass is 543 g/mol. The molecule has 0 saturated heterocycles. The molecule has 0 bridgehead atoms. The van der Waals surface area contributed by atoms with Crippen LogP contribution in [0, 0.1) is 0 Å². The second-order valence-corrected chi connectivity index (χ2v) is 10.4. The Kier molecular flexibility index (Phi) is 9.54. The Morgan fingerprint density at radius 2 is 1.81 bits per heavy atom. The quantitative estimate of drug-likeness (QED) is 0.493. The van der Waals surface area contributed by atoms with Crippen LogP contribution in [0.25, 0.3) is 0 Å². The second-order valence-electron chi connectivity index (χ2n) is 7.18. The maximum absolute atomic E-state index is 13.5. The average molecular weight is 545 g/mol. The molecule has 0 fully saturated rings. The number of sulfonamides is 1. The van der Waals surface area contributed by atoms with E-state index in [0.717, 1.165) is 10.6 Å². The van der Waals surface area contributed by atoms with E-state index in [9.17, 15) is 18.0 Å². The Morgan fingerprint density at radius 1 is 1.12 bits per heavy atom. The molecule has 0 aromatic heterocycles. The largest absolute Gasteiger partial charge is 0.355 e. The van der Waals surface area contributed by atoms with Crippen LogP contribution in [0.5, 0.6) is 0 Å². The first-order valence-electron chi connectivity index (χ1n) is 10.1. The van der Waals surface area contributed by atoms with Crippen molar-refractivity contribution in [1.82, 2.24) is 10.2 Å². The number of nitrogens with zero attached hydrogens (tertiary/aromatic N) is 2. The van der Waals surface area contributed by atoms with Crippen molar-refractivity contribution >= 4 is 55.1 Å². The average Bonchev–Trinajstić information content (AvgIpc) is 2.72. The number of likely N-dealkylation sites (N-methyl/N-ethyl adjacent to an activating group) is 1. The summed E-state index contributed by atoms with van der Waals surface area (Å²) < 4.78 is 26.8. The van der Waals surface area contributed by atoms with Gasteiger partial charge in [0.1, 0.15) is 12.6 Å². The number of rotatable bonds is 10.